The zero-order valence-corrected chi connectivity index (χ0v) is 13.1. The molecule has 1 N–H and O–H groups in total. The Hall–Kier alpha value is -0.940. The van der Waals surface area contributed by atoms with Crippen molar-refractivity contribution in [1.29, 1.82) is 0 Å². The highest BCUT2D eigenvalue weighted by atomic mass is 32.1. The van der Waals surface area contributed by atoms with Gasteiger partial charge in [-0.3, -0.25) is 4.79 Å². The van der Waals surface area contributed by atoms with Crippen LogP contribution in [0.3, 0.4) is 0 Å². The highest BCUT2D eigenvalue weighted by Crippen LogP contribution is 2.24. The van der Waals surface area contributed by atoms with Gasteiger partial charge < -0.3 is 10.1 Å². The molecule has 0 saturated carbocycles. The second-order valence-corrected chi connectivity index (χ2v) is 6.74. The molecule has 1 saturated heterocycles. The van der Waals surface area contributed by atoms with Crippen LogP contribution < -0.4 is 5.32 Å². The minimum absolute atomic E-state index is 0.0334. The van der Waals surface area contributed by atoms with E-state index in [9.17, 15) is 4.79 Å². The van der Waals surface area contributed by atoms with Crippen molar-refractivity contribution in [3.63, 3.8) is 0 Å². The van der Waals surface area contributed by atoms with Gasteiger partial charge in [-0.25, -0.2) is 4.98 Å². The van der Waals surface area contributed by atoms with Gasteiger partial charge in [-0.2, -0.15) is 0 Å². The van der Waals surface area contributed by atoms with Crippen molar-refractivity contribution in [2.75, 3.05) is 6.61 Å². The fourth-order valence-corrected chi connectivity index (χ4v) is 3.23. The van der Waals surface area contributed by atoms with Crippen molar-refractivity contribution in [2.45, 2.75) is 58.1 Å². The lowest BCUT2D eigenvalue weighted by atomic mass is 10.0. The van der Waals surface area contributed by atoms with E-state index < -0.39 is 0 Å². The molecule has 4 nitrogen and oxygen atoms in total. The molecule has 1 fully saturated rings. The van der Waals surface area contributed by atoms with E-state index in [0.717, 1.165) is 30.9 Å². The standard InChI is InChI=1S/C15H24N2O2S/c1-11(2)9-13(15-16-6-8-20-15)17-14(18)10-12-5-3-4-7-19-12/h6,8,11-13H,3-5,7,9-10H2,1-2H3,(H,17,18). The first-order chi connectivity index (χ1) is 9.65. The van der Waals surface area contributed by atoms with Gasteiger partial charge in [-0.15, -0.1) is 11.3 Å². The van der Waals surface area contributed by atoms with Crippen molar-refractivity contribution < 1.29 is 9.53 Å². The van der Waals surface area contributed by atoms with Crippen LogP contribution >= 0.6 is 11.3 Å². The summed E-state index contributed by atoms with van der Waals surface area (Å²) >= 11 is 1.60. The molecule has 2 unspecified atom stereocenters. The first kappa shape index (κ1) is 15.4. The third kappa shape index (κ3) is 4.87. The second-order valence-electron chi connectivity index (χ2n) is 5.81. The van der Waals surface area contributed by atoms with Crippen molar-refractivity contribution in [3.8, 4) is 0 Å². The summed E-state index contributed by atoms with van der Waals surface area (Å²) in [6.07, 6.45) is 6.57. The van der Waals surface area contributed by atoms with Crippen LogP contribution in [-0.4, -0.2) is 23.6 Å². The summed E-state index contributed by atoms with van der Waals surface area (Å²) in [7, 11) is 0. The van der Waals surface area contributed by atoms with Gasteiger partial charge >= 0.3 is 0 Å². The van der Waals surface area contributed by atoms with E-state index in [-0.39, 0.29) is 18.1 Å². The second kappa shape index (κ2) is 7.74. The van der Waals surface area contributed by atoms with Gasteiger partial charge in [0.15, 0.2) is 0 Å². The van der Waals surface area contributed by atoms with Gasteiger partial charge in [-0.05, 0) is 31.6 Å². The van der Waals surface area contributed by atoms with Gasteiger partial charge in [-0.1, -0.05) is 13.8 Å². The molecule has 112 valence electrons. The number of ether oxygens (including phenoxy) is 1. The van der Waals surface area contributed by atoms with Gasteiger partial charge in [0.2, 0.25) is 5.91 Å². The quantitative estimate of drug-likeness (QED) is 0.876. The summed E-state index contributed by atoms with van der Waals surface area (Å²) in [5.41, 5.74) is 0. The molecule has 0 radical (unpaired) electrons. The maximum Gasteiger partial charge on any atom is 0.223 e. The summed E-state index contributed by atoms with van der Waals surface area (Å²) < 4.78 is 5.63. The van der Waals surface area contributed by atoms with Crippen LogP contribution in [0, 0.1) is 5.92 Å². The van der Waals surface area contributed by atoms with Crippen LogP contribution in [-0.2, 0) is 9.53 Å². The zero-order valence-electron chi connectivity index (χ0n) is 12.3. The lowest BCUT2D eigenvalue weighted by Gasteiger charge is -2.24. The summed E-state index contributed by atoms with van der Waals surface area (Å²) in [5, 5.41) is 6.08. The number of aromatic nitrogens is 1. The maximum atomic E-state index is 12.2. The summed E-state index contributed by atoms with van der Waals surface area (Å²) in [5.74, 6) is 0.605. The monoisotopic (exact) mass is 296 g/mol. The number of thiazole rings is 1. The topological polar surface area (TPSA) is 51.2 Å². The Bertz CT molecular complexity index is 400. The van der Waals surface area contributed by atoms with E-state index in [4.69, 9.17) is 4.74 Å². The first-order valence-corrected chi connectivity index (χ1v) is 8.33. The van der Waals surface area contributed by atoms with E-state index in [2.05, 4.69) is 24.1 Å². The Labute approximate surface area is 124 Å². The van der Waals surface area contributed by atoms with Crippen molar-refractivity contribution in [1.82, 2.24) is 10.3 Å². The van der Waals surface area contributed by atoms with Crippen LogP contribution in [0.25, 0.3) is 0 Å². The van der Waals surface area contributed by atoms with Crippen molar-refractivity contribution in [3.05, 3.63) is 16.6 Å². The molecule has 1 aliphatic rings. The van der Waals surface area contributed by atoms with Crippen molar-refractivity contribution >= 4 is 17.2 Å². The SMILES string of the molecule is CC(C)CC(NC(=O)CC1CCCCO1)c1nccs1. The lowest BCUT2D eigenvalue weighted by Crippen LogP contribution is -2.33. The number of nitrogens with zero attached hydrogens (tertiary/aromatic N) is 1. The van der Waals surface area contributed by atoms with E-state index in [1.165, 1.54) is 6.42 Å². The van der Waals surface area contributed by atoms with Crippen LogP contribution in [0.4, 0.5) is 0 Å². The third-order valence-corrected chi connectivity index (χ3v) is 4.37. The zero-order chi connectivity index (χ0) is 14.4. The van der Waals surface area contributed by atoms with E-state index in [0.29, 0.717) is 12.3 Å². The van der Waals surface area contributed by atoms with Crippen LogP contribution in [0.1, 0.15) is 57.0 Å². The van der Waals surface area contributed by atoms with Gasteiger partial charge in [0.1, 0.15) is 5.01 Å². The number of nitrogens with one attached hydrogen (secondary N) is 1. The average molecular weight is 296 g/mol. The van der Waals surface area contributed by atoms with Crippen LogP contribution in [0.5, 0.6) is 0 Å². The molecule has 1 aromatic heterocycles. The Morgan fingerprint density at radius 1 is 1.55 bits per heavy atom. The molecule has 2 rings (SSSR count). The molecule has 0 spiro atoms. The largest absolute Gasteiger partial charge is 0.378 e. The molecular formula is C15H24N2O2S. The number of hydrogen-bond donors (Lipinski definition) is 1. The molecule has 0 aliphatic carbocycles. The highest BCUT2D eigenvalue weighted by Gasteiger charge is 2.22. The molecule has 1 amide bonds. The number of carbonyl (C=O) groups is 1. The Morgan fingerprint density at radius 2 is 2.40 bits per heavy atom. The minimum atomic E-state index is 0.0334. The predicted octanol–water partition coefficient (Wildman–Crippen LogP) is 3.31. The van der Waals surface area contributed by atoms with Crippen LogP contribution in [0.2, 0.25) is 0 Å². The first-order valence-electron chi connectivity index (χ1n) is 7.45. The summed E-state index contributed by atoms with van der Waals surface area (Å²) in [4.78, 5) is 16.5. The Kier molecular flexibility index (Phi) is 5.98. The van der Waals surface area contributed by atoms with Gasteiger partial charge in [0.05, 0.1) is 18.6 Å². The molecule has 0 bridgehead atoms. The molecule has 1 aliphatic heterocycles. The number of amides is 1. The van der Waals surface area contributed by atoms with E-state index >= 15 is 0 Å². The van der Waals surface area contributed by atoms with Crippen molar-refractivity contribution in [2.24, 2.45) is 5.92 Å². The Morgan fingerprint density at radius 3 is 3.00 bits per heavy atom. The smallest absolute Gasteiger partial charge is 0.223 e. The van der Waals surface area contributed by atoms with Crippen LogP contribution in [0.15, 0.2) is 11.6 Å². The average Bonchev–Trinajstić information content (AvgIpc) is 2.92. The fourth-order valence-electron chi connectivity index (χ4n) is 2.53. The van der Waals surface area contributed by atoms with Gasteiger partial charge in [0, 0.05) is 18.2 Å². The van der Waals surface area contributed by atoms with E-state index in [1.54, 1.807) is 17.5 Å². The maximum absolute atomic E-state index is 12.2. The normalized spacial score (nSPS) is 20.9. The minimum Gasteiger partial charge on any atom is -0.378 e. The molecule has 5 heteroatoms. The number of rotatable bonds is 6. The Balaban J connectivity index is 1.88. The molecule has 1 aromatic rings. The molecule has 20 heavy (non-hydrogen) atoms. The fraction of sp³-hybridized carbons (Fsp3) is 0.733. The number of hydrogen-bond acceptors (Lipinski definition) is 4. The summed E-state index contributed by atoms with van der Waals surface area (Å²) in [6, 6.07) is 0.0334. The third-order valence-electron chi connectivity index (χ3n) is 3.48. The lowest BCUT2D eigenvalue weighted by molar-refractivity contribution is -0.125. The van der Waals surface area contributed by atoms with Gasteiger partial charge in [0.25, 0.3) is 0 Å². The summed E-state index contributed by atoms with van der Waals surface area (Å²) in [6.45, 7) is 5.12. The molecule has 0 aromatic carbocycles. The highest BCUT2D eigenvalue weighted by molar-refractivity contribution is 7.09. The number of carbonyl (C=O) groups excluding carboxylic acids is 1. The molecule has 2 atom stereocenters. The molecular weight excluding hydrogens is 272 g/mol. The predicted molar refractivity (Wildman–Crippen MR) is 80.7 cm³/mol. The van der Waals surface area contributed by atoms with E-state index in [1.807, 2.05) is 5.38 Å². The molecule has 2 heterocycles.